The van der Waals surface area contributed by atoms with Crippen LogP contribution in [0.4, 0.5) is 8.78 Å². The number of carbonyl (C=O) groups is 1. The highest BCUT2D eigenvalue weighted by molar-refractivity contribution is 9.10. The summed E-state index contributed by atoms with van der Waals surface area (Å²) in [5, 5.41) is 0. The molecule has 2 nitrogen and oxygen atoms in total. The second-order valence-corrected chi connectivity index (χ2v) is 5.85. The maximum absolute atomic E-state index is 13.9. The van der Waals surface area contributed by atoms with E-state index in [9.17, 15) is 13.6 Å². The second kappa shape index (κ2) is 6.09. The standard InChI is InChI=1S/C14H16BrF2NO/c15-9-6-7-10(16)12(13(9)17)14(19)8-4-2-1-3-5-11(8)18/h6-8,11H,1-5,18H2. The predicted molar refractivity (Wildman–Crippen MR) is 72.9 cm³/mol. The Labute approximate surface area is 119 Å². The van der Waals surface area contributed by atoms with Gasteiger partial charge < -0.3 is 5.73 Å². The molecular formula is C14H16BrF2NO. The Bertz CT molecular complexity index is 493. The van der Waals surface area contributed by atoms with Crippen LogP contribution in [0.25, 0.3) is 0 Å². The van der Waals surface area contributed by atoms with Crippen LogP contribution in [0.3, 0.4) is 0 Å². The highest BCUT2D eigenvalue weighted by atomic mass is 79.9. The molecule has 5 heteroatoms. The number of nitrogens with two attached hydrogens (primary N) is 1. The summed E-state index contributed by atoms with van der Waals surface area (Å²) in [5.74, 6) is -2.64. The average molecular weight is 332 g/mol. The molecule has 104 valence electrons. The van der Waals surface area contributed by atoms with Crippen molar-refractivity contribution in [1.29, 1.82) is 0 Å². The van der Waals surface area contributed by atoms with E-state index < -0.39 is 28.9 Å². The van der Waals surface area contributed by atoms with Gasteiger partial charge in [-0.1, -0.05) is 19.3 Å². The molecule has 2 rings (SSSR count). The molecule has 1 aliphatic carbocycles. The van der Waals surface area contributed by atoms with Gasteiger partial charge in [0.25, 0.3) is 0 Å². The van der Waals surface area contributed by atoms with Crippen molar-refractivity contribution in [1.82, 2.24) is 0 Å². The van der Waals surface area contributed by atoms with Gasteiger partial charge in [0.05, 0.1) is 10.0 Å². The lowest BCUT2D eigenvalue weighted by atomic mass is 9.87. The number of hydrogen-bond acceptors (Lipinski definition) is 2. The minimum Gasteiger partial charge on any atom is -0.327 e. The van der Waals surface area contributed by atoms with E-state index in [4.69, 9.17) is 5.73 Å². The van der Waals surface area contributed by atoms with Gasteiger partial charge in [-0.3, -0.25) is 4.79 Å². The van der Waals surface area contributed by atoms with E-state index >= 15 is 0 Å². The molecular weight excluding hydrogens is 316 g/mol. The van der Waals surface area contributed by atoms with Crippen molar-refractivity contribution in [2.75, 3.05) is 0 Å². The summed E-state index contributed by atoms with van der Waals surface area (Å²) in [6.07, 6.45) is 4.19. The molecule has 2 atom stereocenters. The molecule has 0 heterocycles. The topological polar surface area (TPSA) is 43.1 Å². The lowest BCUT2D eigenvalue weighted by Crippen LogP contribution is -2.35. The third-order valence-corrected chi connectivity index (χ3v) is 4.31. The van der Waals surface area contributed by atoms with Crippen molar-refractivity contribution in [2.45, 2.75) is 38.1 Å². The Morgan fingerprint density at radius 2 is 1.89 bits per heavy atom. The number of ketones is 1. The Kier molecular flexibility index (Phi) is 4.68. The Morgan fingerprint density at radius 3 is 2.63 bits per heavy atom. The number of benzene rings is 1. The Balaban J connectivity index is 2.35. The summed E-state index contributed by atoms with van der Waals surface area (Å²) in [7, 11) is 0. The van der Waals surface area contributed by atoms with E-state index in [1.807, 2.05) is 0 Å². The molecule has 1 aromatic rings. The molecule has 0 amide bonds. The van der Waals surface area contributed by atoms with Gasteiger partial charge in [0.1, 0.15) is 5.82 Å². The molecule has 2 N–H and O–H groups in total. The quantitative estimate of drug-likeness (QED) is 0.508. The first-order valence-electron chi connectivity index (χ1n) is 6.45. The van der Waals surface area contributed by atoms with E-state index in [1.54, 1.807) is 0 Å². The predicted octanol–water partition coefficient (Wildman–Crippen LogP) is 3.82. The molecule has 1 aromatic carbocycles. The van der Waals surface area contributed by atoms with Gasteiger partial charge in [0.15, 0.2) is 11.6 Å². The second-order valence-electron chi connectivity index (χ2n) is 4.99. The number of halogens is 3. The third kappa shape index (κ3) is 3.03. The highest BCUT2D eigenvalue weighted by Gasteiger charge is 2.31. The van der Waals surface area contributed by atoms with Crippen LogP contribution in [0.15, 0.2) is 16.6 Å². The molecule has 0 saturated heterocycles. The van der Waals surface area contributed by atoms with Gasteiger partial charge in [-0.05, 0) is 40.9 Å². The molecule has 2 unspecified atom stereocenters. The van der Waals surface area contributed by atoms with Crippen LogP contribution >= 0.6 is 15.9 Å². The monoisotopic (exact) mass is 331 g/mol. The summed E-state index contributed by atoms with van der Waals surface area (Å²) < 4.78 is 27.8. The lowest BCUT2D eigenvalue weighted by Gasteiger charge is -2.20. The van der Waals surface area contributed by atoms with Crippen LogP contribution < -0.4 is 5.73 Å². The van der Waals surface area contributed by atoms with Crippen molar-refractivity contribution in [3.8, 4) is 0 Å². The van der Waals surface area contributed by atoms with E-state index in [-0.39, 0.29) is 10.5 Å². The van der Waals surface area contributed by atoms with Crippen molar-refractivity contribution >= 4 is 21.7 Å². The molecule has 0 aliphatic heterocycles. The fraction of sp³-hybridized carbons (Fsp3) is 0.500. The highest BCUT2D eigenvalue weighted by Crippen LogP contribution is 2.29. The van der Waals surface area contributed by atoms with Gasteiger partial charge in [-0.25, -0.2) is 8.78 Å². The number of rotatable bonds is 2. The van der Waals surface area contributed by atoms with Crippen LogP contribution in [-0.2, 0) is 0 Å². The smallest absolute Gasteiger partial charge is 0.173 e. The number of carbonyl (C=O) groups excluding carboxylic acids is 1. The van der Waals surface area contributed by atoms with Crippen LogP contribution in [0, 0.1) is 17.6 Å². The van der Waals surface area contributed by atoms with Gasteiger partial charge in [0, 0.05) is 12.0 Å². The third-order valence-electron chi connectivity index (χ3n) is 3.70. The average Bonchev–Trinajstić information content (AvgIpc) is 2.59. The summed E-state index contributed by atoms with van der Waals surface area (Å²) in [5.41, 5.74) is 5.52. The summed E-state index contributed by atoms with van der Waals surface area (Å²) in [6, 6.07) is 2.05. The van der Waals surface area contributed by atoms with Crippen molar-refractivity contribution in [2.24, 2.45) is 11.7 Å². The molecule has 1 fully saturated rings. The van der Waals surface area contributed by atoms with Crippen molar-refractivity contribution in [3.05, 3.63) is 33.8 Å². The maximum Gasteiger partial charge on any atom is 0.173 e. The first-order valence-corrected chi connectivity index (χ1v) is 7.25. The van der Waals surface area contributed by atoms with E-state index in [1.165, 1.54) is 6.07 Å². The zero-order valence-corrected chi connectivity index (χ0v) is 12.1. The molecule has 0 radical (unpaired) electrons. The first kappa shape index (κ1) is 14.6. The van der Waals surface area contributed by atoms with Crippen molar-refractivity contribution in [3.63, 3.8) is 0 Å². The van der Waals surface area contributed by atoms with E-state index in [0.29, 0.717) is 6.42 Å². The molecule has 19 heavy (non-hydrogen) atoms. The Morgan fingerprint density at radius 1 is 1.21 bits per heavy atom. The fourth-order valence-electron chi connectivity index (χ4n) is 2.60. The Hall–Kier alpha value is -0.810. The largest absolute Gasteiger partial charge is 0.327 e. The van der Waals surface area contributed by atoms with E-state index in [0.717, 1.165) is 31.7 Å². The van der Waals surface area contributed by atoms with Crippen LogP contribution in [-0.4, -0.2) is 11.8 Å². The number of hydrogen-bond donors (Lipinski definition) is 1. The molecule has 0 aromatic heterocycles. The molecule has 1 saturated carbocycles. The van der Waals surface area contributed by atoms with Crippen LogP contribution in [0.1, 0.15) is 42.5 Å². The minimum atomic E-state index is -0.832. The van der Waals surface area contributed by atoms with Gasteiger partial charge in [-0.15, -0.1) is 0 Å². The molecule has 1 aliphatic rings. The normalized spacial score (nSPS) is 24.0. The zero-order chi connectivity index (χ0) is 14.0. The first-order chi connectivity index (χ1) is 9.02. The van der Waals surface area contributed by atoms with Gasteiger partial charge >= 0.3 is 0 Å². The summed E-state index contributed by atoms with van der Waals surface area (Å²) in [4.78, 5) is 12.4. The van der Waals surface area contributed by atoms with E-state index in [2.05, 4.69) is 15.9 Å². The zero-order valence-electron chi connectivity index (χ0n) is 10.5. The minimum absolute atomic E-state index is 0.0967. The summed E-state index contributed by atoms with van der Waals surface area (Å²) in [6.45, 7) is 0. The maximum atomic E-state index is 13.9. The number of Topliss-reactive ketones (excluding diaryl/α,β-unsaturated/α-hetero) is 1. The van der Waals surface area contributed by atoms with Crippen LogP contribution in [0.2, 0.25) is 0 Å². The van der Waals surface area contributed by atoms with Gasteiger partial charge in [0.2, 0.25) is 0 Å². The SMILES string of the molecule is NC1CCCCCC1C(=O)c1c(F)ccc(Br)c1F. The molecule has 0 bridgehead atoms. The van der Waals surface area contributed by atoms with Gasteiger partial charge in [-0.2, -0.15) is 0 Å². The van der Waals surface area contributed by atoms with Crippen molar-refractivity contribution < 1.29 is 13.6 Å². The van der Waals surface area contributed by atoms with Crippen LogP contribution in [0.5, 0.6) is 0 Å². The molecule has 0 spiro atoms. The fourth-order valence-corrected chi connectivity index (χ4v) is 2.93. The lowest BCUT2D eigenvalue weighted by molar-refractivity contribution is 0.0885. The summed E-state index contributed by atoms with van der Waals surface area (Å²) >= 11 is 2.98.